The van der Waals surface area contributed by atoms with Gasteiger partial charge in [-0.3, -0.25) is 4.79 Å². The molecule has 0 fully saturated rings. The highest BCUT2D eigenvalue weighted by molar-refractivity contribution is 9.11. The zero-order valence-electron chi connectivity index (χ0n) is 9.40. The van der Waals surface area contributed by atoms with Crippen LogP contribution in [0.25, 0.3) is 0 Å². The summed E-state index contributed by atoms with van der Waals surface area (Å²) >= 11 is 3.36. The fraction of sp³-hybridized carbons (Fsp3) is 0.462. The smallest absolute Gasteiger partial charge is 0.137 e. The average molecular weight is 269 g/mol. The molecule has 1 aliphatic carbocycles. The van der Waals surface area contributed by atoms with Gasteiger partial charge < -0.3 is 0 Å². The molecule has 1 aliphatic rings. The maximum Gasteiger partial charge on any atom is 0.137 e. The Balaban J connectivity index is 3.17. The molecular weight excluding hydrogens is 252 g/mol. The zero-order valence-corrected chi connectivity index (χ0v) is 11.0. The molecule has 0 saturated carbocycles. The van der Waals surface area contributed by atoms with Crippen LogP contribution in [-0.4, -0.2) is 5.78 Å². The molecule has 0 atom stereocenters. The number of allylic oxidation sites excluding steroid dienone is 4. The summed E-state index contributed by atoms with van der Waals surface area (Å²) in [5.74, 6) is 0.285. The van der Waals surface area contributed by atoms with Gasteiger partial charge in [-0.15, -0.1) is 0 Å². The molecule has 0 aromatic heterocycles. The fourth-order valence-corrected chi connectivity index (χ4v) is 2.45. The summed E-state index contributed by atoms with van der Waals surface area (Å²) in [6, 6.07) is 0. The van der Waals surface area contributed by atoms with Gasteiger partial charge in [-0.2, -0.15) is 0 Å². The number of carbonyl (C=O) groups is 1. The Hall–Kier alpha value is -0.630. The van der Waals surface area contributed by atoms with Gasteiger partial charge in [-0.05, 0) is 23.0 Å². The van der Waals surface area contributed by atoms with Crippen molar-refractivity contribution in [3.05, 3.63) is 34.9 Å². The van der Waals surface area contributed by atoms with Crippen molar-refractivity contribution >= 4 is 21.7 Å². The van der Waals surface area contributed by atoms with Crippen molar-refractivity contribution in [3.8, 4) is 0 Å². The molecule has 0 spiro atoms. The van der Waals surface area contributed by atoms with Gasteiger partial charge in [0.1, 0.15) is 5.78 Å². The van der Waals surface area contributed by atoms with Crippen molar-refractivity contribution in [2.75, 3.05) is 0 Å². The highest BCUT2D eigenvalue weighted by Gasteiger charge is 2.28. The van der Waals surface area contributed by atoms with E-state index in [-0.39, 0.29) is 11.2 Å². The molecule has 0 radical (unpaired) electrons. The predicted octanol–water partition coefficient (Wildman–Crippen LogP) is 4.16. The van der Waals surface area contributed by atoms with Gasteiger partial charge in [0.15, 0.2) is 0 Å². The summed E-state index contributed by atoms with van der Waals surface area (Å²) < 4.78 is 0.809. The SMILES string of the molecule is C=CC1=C(C(=C)Br)CC(=O)CC(C)(C)C1. The molecule has 0 unspecified atom stereocenters. The predicted molar refractivity (Wildman–Crippen MR) is 67.9 cm³/mol. The first-order valence-corrected chi connectivity index (χ1v) is 5.86. The van der Waals surface area contributed by atoms with Crippen molar-refractivity contribution in [1.29, 1.82) is 0 Å². The third-order valence-electron chi connectivity index (χ3n) is 2.68. The molecular formula is C13H17BrO. The van der Waals surface area contributed by atoms with Crippen molar-refractivity contribution in [2.45, 2.75) is 33.1 Å². The van der Waals surface area contributed by atoms with E-state index in [0.717, 1.165) is 22.0 Å². The number of hydrogen-bond donors (Lipinski definition) is 0. The van der Waals surface area contributed by atoms with Crippen LogP contribution in [0.5, 0.6) is 0 Å². The second kappa shape index (κ2) is 4.48. The van der Waals surface area contributed by atoms with Crippen molar-refractivity contribution < 1.29 is 4.79 Å². The molecule has 0 aliphatic heterocycles. The summed E-state index contributed by atoms with van der Waals surface area (Å²) in [6.07, 6.45) is 3.85. The van der Waals surface area contributed by atoms with Crippen molar-refractivity contribution in [3.63, 3.8) is 0 Å². The largest absolute Gasteiger partial charge is 0.299 e. The van der Waals surface area contributed by atoms with Gasteiger partial charge in [0.2, 0.25) is 0 Å². The molecule has 0 heterocycles. The average Bonchev–Trinajstić information content (AvgIpc) is 2.20. The minimum Gasteiger partial charge on any atom is -0.299 e. The maximum atomic E-state index is 11.7. The molecule has 2 heteroatoms. The second-order valence-corrected chi connectivity index (χ2v) is 5.80. The standard InChI is InChI=1S/C13H17BrO/c1-5-10-7-13(3,4)8-11(15)6-12(10)9(2)14/h5H,1-2,6-8H2,3-4H3. The van der Waals surface area contributed by atoms with Crippen LogP contribution >= 0.6 is 15.9 Å². The number of rotatable bonds is 2. The second-order valence-electron chi connectivity index (χ2n) is 4.85. The molecule has 0 saturated heterocycles. The Labute approximate surface area is 100 Å². The van der Waals surface area contributed by atoms with E-state index in [9.17, 15) is 4.79 Å². The number of hydrogen-bond acceptors (Lipinski definition) is 1. The van der Waals surface area contributed by atoms with Gasteiger partial charge in [-0.25, -0.2) is 0 Å². The van der Waals surface area contributed by atoms with Crippen LogP contribution in [0.2, 0.25) is 0 Å². The first-order chi connectivity index (χ1) is 6.85. The maximum absolute atomic E-state index is 11.7. The lowest BCUT2D eigenvalue weighted by atomic mass is 9.82. The highest BCUT2D eigenvalue weighted by atomic mass is 79.9. The molecule has 15 heavy (non-hydrogen) atoms. The lowest BCUT2D eigenvalue weighted by Gasteiger charge is -2.22. The highest BCUT2D eigenvalue weighted by Crippen LogP contribution is 2.38. The number of Topliss-reactive ketones (excluding diaryl/α,β-unsaturated/α-hetero) is 1. The Morgan fingerprint density at radius 2 is 2.07 bits per heavy atom. The minimum absolute atomic E-state index is 0.0325. The van der Waals surface area contributed by atoms with E-state index in [1.807, 2.05) is 6.08 Å². The lowest BCUT2D eigenvalue weighted by Crippen LogP contribution is -2.14. The summed E-state index contributed by atoms with van der Waals surface area (Å²) in [7, 11) is 0. The minimum atomic E-state index is 0.0325. The van der Waals surface area contributed by atoms with Crippen LogP contribution < -0.4 is 0 Å². The zero-order chi connectivity index (χ0) is 11.6. The van der Waals surface area contributed by atoms with Gasteiger partial charge in [0, 0.05) is 17.3 Å². The van der Waals surface area contributed by atoms with E-state index in [4.69, 9.17) is 0 Å². The number of ketones is 1. The lowest BCUT2D eigenvalue weighted by molar-refractivity contribution is -0.120. The van der Waals surface area contributed by atoms with E-state index < -0.39 is 0 Å². The molecule has 1 nitrogen and oxygen atoms in total. The molecule has 0 aromatic carbocycles. The Morgan fingerprint density at radius 1 is 1.47 bits per heavy atom. The third-order valence-corrected chi connectivity index (χ3v) is 3.16. The summed E-state index contributed by atoms with van der Waals surface area (Å²) in [5, 5.41) is 0. The van der Waals surface area contributed by atoms with Gasteiger partial charge in [0.05, 0.1) is 0 Å². The summed E-state index contributed by atoms with van der Waals surface area (Å²) in [4.78, 5) is 11.7. The molecule has 1 rings (SSSR count). The first kappa shape index (κ1) is 12.4. The number of halogens is 1. The van der Waals surface area contributed by atoms with Crippen molar-refractivity contribution in [2.24, 2.45) is 5.41 Å². The van der Waals surface area contributed by atoms with Crippen LogP contribution in [0.1, 0.15) is 33.1 Å². The van der Waals surface area contributed by atoms with Gasteiger partial charge in [0.25, 0.3) is 0 Å². The van der Waals surface area contributed by atoms with E-state index in [1.54, 1.807) is 0 Å². The third kappa shape index (κ3) is 3.16. The molecule has 0 amide bonds. The fourth-order valence-electron chi connectivity index (χ4n) is 2.06. The van der Waals surface area contributed by atoms with Crippen LogP contribution in [0.15, 0.2) is 34.9 Å². The van der Waals surface area contributed by atoms with Crippen LogP contribution in [0, 0.1) is 5.41 Å². The summed E-state index contributed by atoms with van der Waals surface area (Å²) in [5.41, 5.74) is 2.19. The Bertz CT molecular complexity index is 348. The van der Waals surface area contributed by atoms with E-state index in [0.29, 0.717) is 12.8 Å². The monoisotopic (exact) mass is 268 g/mol. The topological polar surface area (TPSA) is 17.1 Å². The summed E-state index contributed by atoms with van der Waals surface area (Å²) in [6.45, 7) is 11.9. The van der Waals surface area contributed by atoms with Crippen LogP contribution in [-0.2, 0) is 4.79 Å². The Kier molecular flexibility index (Phi) is 3.72. The first-order valence-electron chi connectivity index (χ1n) is 5.06. The van der Waals surface area contributed by atoms with Crippen molar-refractivity contribution in [1.82, 2.24) is 0 Å². The quantitative estimate of drug-likeness (QED) is 0.735. The Morgan fingerprint density at radius 3 is 2.53 bits per heavy atom. The van der Waals surface area contributed by atoms with E-state index >= 15 is 0 Å². The van der Waals surface area contributed by atoms with Gasteiger partial charge in [-0.1, -0.05) is 49.0 Å². The molecule has 82 valence electrons. The van der Waals surface area contributed by atoms with E-state index in [2.05, 4.69) is 42.9 Å². The molecule has 0 bridgehead atoms. The molecule has 0 aromatic rings. The number of carbonyl (C=O) groups excluding carboxylic acids is 1. The molecule has 0 N–H and O–H groups in total. The normalized spacial score (nSPS) is 21.1. The van der Waals surface area contributed by atoms with Gasteiger partial charge >= 0.3 is 0 Å². The van der Waals surface area contributed by atoms with Crippen LogP contribution in [0.4, 0.5) is 0 Å². The van der Waals surface area contributed by atoms with E-state index in [1.165, 1.54) is 0 Å². The van der Waals surface area contributed by atoms with Crippen LogP contribution in [0.3, 0.4) is 0 Å².